The molecule has 5 nitrogen and oxygen atoms in total. The van der Waals surface area contributed by atoms with E-state index in [-0.39, 0.29) is 27.3 Å². The summed E-state index contributed by atoms with van der Waals surface area (Å²) in [6.07, 6.45) is 0. The van der Waals surface area contributed by atoms with E-state index in [0.29, 0.717) is 0 Å². The molecule has 17 heavy (non-hydrogen) atoms. The van der Waals surface area contributed by atoms with Crippen LogP contribution in [0.2, 0.25) is 4.34 Å². The van der Waals surface area contributed by atoms with Gasteiger partial charge < -0.3 is 4.74 Å². The van der Waals surface area contributed by atoms with Crippen LogP contribution in [-0.4, -0.2) is 27.6 Å². The van der Waals surface area contributed by atoms with Crippen molar-refractivity contribution in [1.82, 2.24) is 0 Å². The van der Waals surface area contributed by atoms with Gasteiger partial charge in [-0.1, -0.05) is 11.6 Å². The molecule has 0 amide bonds. The van der Waals surface area contributed by atoms with Crippen LogP contribution in [0.15, 0.2) is 11.0 Å². The van der Waals surface area contributed by atoms with Gasteiger partial charge in [-0.25, -0.2) is 4.79 Å². The van der Waals surface area contributed by atoms with Crippen LogP contribution in [0.25, 0.3) is 0 Å². The van der Waals surface area contributed by atoms with E-state index in [1.165, 1.54) is 13.0 Å². The summed E-state index contributed by atoms with van der Waals surface area (Å²) in [5.41, 5.74) is 0. The highest BCUT2D eigenvalue weighted by Gasteiger charge is 2.27. The molecule has 0 N–H and O–H groups in total. The third-order valence-electron chi connectivity index (χ3n) is 1.67. The first-order valence-electron chi connectivity index (χ1n) is 4.78. The van der Waals surface area contributed by atoms with Gasteiger partial charge in [-0.15, -0.1) is 11.3 Å². The molecule has 0 fully saturated rings. The van der Waals surface area contributed by atoms with E-state index in [0.717, 1.165) is 11.3 Å². The van der Waals surface area contributed by atoms with E-state index in [1.54, 1.807) is 6.92 Å². The lowest BCUT2D eigenvalue weighted by Crippen LogP contribution is -2.11. The third kappa shape index (κ3) is 3.41. The first kappa shape index (κ1) is 14.4. The summed E-state index contributed by atoms with van der Waals surface area (Å²) < 4.78 is 32.9. The maximum Gasteiger partial charge on any atom is 0.349 e. The normalized spacial score (nSPS) is 11.5. The molecule has 8 heteroatoms. The molecule has 1 aromatic heterocycles. The van der Waals surface area contributed by atoms with Crippen molar-refractivity contribution in [3.63, 3.8) is 0 Å². The van der Waals surface area contributed by atoms with Crippen molar-refractivity contribution in [1.29, 1.82) is 0 Å². The smallest absolute Gasteiger partial charge is 0.349 e. The molecule has 0 radical (unpaired) electrons. The highest BCUT2D eigenvalue weighted by Crippen LogP contribution is 2.31. The highest BCUT2D eigenvalue weighted by atomic mass is 35.5. The third-order valence-corrected chi connectivity index (χ3v) is 4.45. The van der Waals surface area contributed by atoms with E-state index in [4.69, 9.17) is 16.3 Å². The second-order valence-corrected chi connectivity index (χ2v) is 6.09. The predicted molar refractivity (Wildman–Crippen MR) is 64.1 cm³/mol. The maximum absolute atomic E-state index is 11.7. The Morgan fingerprint density at radius 3 is 2.59 bits per heavy atom. The summed E-state index contributed by atoms with van der Waals surface area (Å²) in [7, 11) is -3.96. The lowest BCUT2D eigenvalue weighted by molar-refractivity contribution is 0.0527. The molecule has 1 heterocycles. The first-order chi connectivity index (χ1) is 7.92. The summed E-state index contributed by atoms with van der Waals surface area (Å²) in [6.45, 7) is 3.31. The summed E-state index contributed by atoms with van der Waals surface area (Å²) >= 11 is 6.55. The second kappa shape index (κ2) is 5.81. The Bertz CT molecular complexity index is 505. The topological polar surface area (TPSA) is 69.7 Å². The van der Waals surface area contributed by atoms with Gasteiger partial charge >= 0.3 is 5.97 Å². The van der Waals surface area contributed by atoms with Crippen LogP contribution in [0.1, 0.15) is 23.5 Å². The lowest BCUT2D eigenvalue weighted by atomic mass is 10.5. The molecular formula is C9H11ClO5S2. The average Bonchev–Trinajstić information content (AvgIpc) is 2.61. The van der Waals surface area contributed by atoms with Gasteiger partial charge in [0.2, 0.25) is 0 Å². The maximum atomic E-state index is 11.7. The van der Waals surface area contributed by atoms with E-state index >= 15 is 0 Å². The molecule has 0 saturated carbocycles. The van der Waals surface area contributed by atoms with Crippen molar-refractivity contribution in [2.24, 2.45) is 0 Å². The molecule has 96 valence electrons. The van der Waals surface area contributed by atoms with Gasteiger partial charge in [0.1, 0.15) is 9.77 Å². The largest absolute Gasteiger partial charge is 0.462 e. The fourth-order valence-electron chi connectivity index (χ4n) is 1.09. The standard InChI is InChI=1S/C9H11ClO5S2/c1-3-14-9(11)8-6(5-7(10)16-8)17(12,13)15-4-2/h5H,3-4H2,1-2H3. The minimum absolute atomic E-state index is 0.0158. The van der Waals surface area contributed by atoms with Crippen LogP contribution in [-0.2, 0) is 19.0 Å². The van der Waals surface area contributed by atoms with Gasteiger partial charge in [0, 0.05) is 0 Å². The lowest BCUT2D eigenvalue weighted by Gasteiger charge is -2.04. The molecule has 0 aliphatic rings. The molecule has 0 saturated heterocycles. The van der Waals surface area contributed by atoms with Crippen molar-refractivity contribution >= 4 is 39.0 Å². The van der Waals surface area contributed by atoms with Crippen LogP contribution < -0.4 is 0 Å². The van der Waals surface area contributed by atoms with E-state index in [1.807, 2.05) is 0 Å². The molecule has 1 rings (SSSR count). The van der Waals surface area contributed by atoms with Gasteiger partial charge in [0.05, 0.1) is 17.6 Å². The Kier molecular flexibility index (Phi) is 4.93. The summed E-state index contributed by atoms with van der Waals surface area (Å²) in [5, 5.41) is 0. The van der Waals surface area contributed by atoms with Crippen LogP contribution in [0.3, 0.4) is 0 Å². The second-order valence-electron chi connectivity index (χ2n) is 2.83. The fraction of sp³-hybridized carbons (Fsp3) is 0.444. The zero-order chi connectivity index (χ0) is 13.1. The quantitative estimate of drug-likeness (QED) is 0.616. The summed E-state index contributed by atoms with van der Waals surface area (Å²) in [6, 6.07) is 1.18. The predicted octanol–water partition coefficient (Wildman–Crippen LogP) is 2.30. The van der Waals surface area contributed by atoms with E-state index < -0.39 is 16.1 Å². The van der Waals surface area contributed by atoms with Crippen LogP contribution in [0, 0.1) is 0 Å². The van der Waals surface area contributed by atoms with Crippen molar-refractivity contribution in [2.45, 2.75) is 18.7 Å². The molecule has 0 aromatic carbocycles. The van der Waals surface area contributed by atoms with E-state index in [9.17, 15) is 13.2 Å². The molecule has 0 aliphatic heterocycles. The number of carbonyl (C=O) groups excluding carboxylic acids is 1. The van der Waals surface area contributed by atoms with Crippen LogP contribution in [0.4, 0.5) is 0 Å². The minimum atomic E-state index is -3.96. The zero-order valence-electron chi connectivity index (χ0n) is 9.23. The molecule has 0 aliphatic carbocycles. The number of halogens is 1. The molecule has 0 unspecified atom stereocenters. The first-order valence-corrected chi connectivity index (χ1v) is 7.38. The number of carbonyl (C=O) groups is 1. The SMILES string of the molecule is CCOC(=O)c1sc(Cl)cc1S(=O)(=O)OCC. The number of hydrogen-bond acceptors (Lipinski definition) is 6. The number of esters is 1. The number of hydrogen-bond donors (Lipinski definition) is 0. The number of rotatable bonds is 5. The molecular weight excluding hydrogens is 288 g/mol. The van der Waals surface area contributed by atoms with Crippen molar-refractivity contribution < 1.29 is 22.1 Å². The van der Waals surface area contributed by atoms with E-state index in [2.05, 4.69) is 4.18 Å². The Morgan fingerprint density at radius 1 is 1.41 bits per heavy atom. The molecule has 0 bridgehead atoms. The van der Waals surface area contributed by atoms with Crippen molar-refractivity contribution in [3.8, 4) is 0 Å². The zero-order valence-corrected chi connectivity index (χ0v) is 11.6. The fourth-order valence-corrected chi connectivity index (χ4v) is 3.68. The summed E-state index contributed by atoms with van der Waals surface area (Å²) in [4.78, 5) is 11.2. The Hall–Kier alpha value is -0.630. The Morgan fingerprint density at radius 2 is 2.06 bits per heavy atom. The molecule has 0 spiro atoms. The Labute approximate surface area is 108 Å². The monoisotopic (exact) mass is 298 g/mol. The van der Waals surface area contributed by atoms with Gasteiger partial charge in [-0.3, -0.25) is 4.18 Å². The van der Waals surface area contributed by atoms with Crippen LogP contribution >= 0.6 is 22.9 Å². The van der Waals surface area contributed by atoms with Gasteiger partial charge in [0.25, 0.3) is 10.1 Å². The van der Waals surface area contributed by atoms with Gasteiger partial charge in [-0.2, -0.15) is 8.42 Å². The van der Waals surface area contributed by atoms with Crippen LogP contribution in [0.5, 0.6) is 0 Å². The molecule has 0 atom stereocenters. The summed E-state index contributed by atoms with van der Waals surface area (Å²) in [5.74, 6) is -0.720. The number of thiophene rings is 1. The number of ether oxygens (including phenoxy) is 1. The molecule has 1 aromatic rings. The average molecular weight is 299 g/mol. The minimum Gasteiger partial charge on any atom is -0.462 e. The highest BCUT2D eigenvalue weighted by molar-refractivity contribution is 7.87. The van der Waals surface area contributed by atoms with Gasteiger partial charge in [-0.05, 0) is 19.9 Å². The van der Waals surface area contributed by atoms with Gasteiger partial charge in [0.15, 0.2) is 0 Å². The Balaban J connectivity index is 3.21. The van der Waals surface area contributed by atoms with Crippen molar-refractivity contribution in [3.05, 3.63) is 15.3 Å². The van der Waals surface area contributed by atoms with Crippen molar-refractivity contribution in [2.75, 3.05) is 13.2 Å².